The summed E-state index contributed by atoms with van der Waals surface area (Å²) in [4.78, 5) is 0. The number of aryl methyl sites for hydroxylation is 3. The first-order chi connectivity index (χ1) is 8.61. The van der Waals surface area contributed by atoms with E-state index >= 15 is 0 Å². The van der Waals surface area contributed by atoms with E-state index in [4.69, 9.17) is 0 Å². The lowest BCUT2D eigenvalue weighted by Gasteiger charge is -2.02. The molecule has 0 atom stereocenters. The molecular weight excluding hydrogens is 233 g/mol. The first-order valence-corrected chi connectivity index (χ1v) is 6.07. The molecule has 0 fully saturated rings. The Balaban J connectivity index is 2.02. The van der Waals surface area contributed by atoms with E-state index in [9.17, 15) is 4.39 Å². The van der Waals surface area contributed by atoms with E-state index in [1.54, 1.807) is 14.0 Å². The van der Waals surface area contributed by atoms with Crippen LogP contribution in [-0.2, 0) is 20.1 Å². The molecule has 0 radical (unpaired) electrons. The number of hydrogen-bond donors (Lipinski definition) is 1. The van der Waals surface area contributed by atoms with Gasteiger partial charge in [-0.25, -0.2) is 4.68 Å². The number of nitrogens with zero attached hydrogens (tertiary/aromatic N) is 4. The number of nitrogens with one attached hydrogen (secondary N) is 1. The second-order valence-electron chi connectivity index (χ2n) is 4.30. The Morgan fingerprint density at radius 3 is 2.78 bits per heavy atom. The van der Waals surface area contributed by atoms with Gasteiger partial charge >= 0.3 is 0 Å². The van der Waals surface area contributed by atoms with Crippen LogP contribution >= 0.6 is 0 Å². The number of halogens is 1. The van der Waals surface area contributed by atoms with Gasteiger partial charge < -0.3 is 5.32 Å². The molecule has 2 aromatic heterocycles. The molecule has 98 valence electrons. The van der Waals surface area contributed by atoms with Crippen molar-refractivity contribution in [3.8, 4) is 0 Å². The Hall–Kier alpha value is -1.85. The van der Waals surface area contributed by atoms with Crippen molar-refractivity contribution in [3.05, 3.63) is 29.5 Å². The van der Waals surface area contributed by atoms with Crippen LogP contribution in [0.1, 0.15) is 24.6 Å². The van der Waals surface area contributed by atoms with E-state index in [1.165, 1.54) is 4.68 Å². The fourth-order valence-electron chi connectivity index (χ4n) is 1.86. The molecule has 18 heavy (non-hydrogen) atoms. The summed E-state index contributed by atoms with van der Waals surface area (Å²) in [5, 5.41) is 11.5. The fraction of sp³-hybridized carbons (Fsp3) is 0.500. The van der Waals surface area contributed by atoms with E-state index < -0.39 is 0 Å². The Morgan fingerprint density at radius 2 is 2.17 bits per heavy atom. The van der Waals surface area contributed by atoms with Crippen LogP contribution in [0.25, 0.3) is 0 Å². The van der Waals surface area contributed by atoms with Gasteiger partial charge in [-0.3, -0.25) is 4.68 Å². The van der Waals surface area contributed by atoms with E-state index in [2.05, 4.69) is 22.4 Å². The van der Waals surface area contributed by atoms with Crippen LogP contribution in [0, 0.1) is 12.9 Å². The Morgan fingerprint density at radius 1 is 1.39 bits per heavy atom. The average Bonchev–Trinajstić information content (AvgIpc) is 2.85. The van der Waals surface area contributed by atoms with Gasteiger partial charge in [-0.15, -0.1) is 0 Å². The summed E-state index contributed by atoms with van der Waals surface area (Å²) < 4.78 is 16.8. The van der Waals surface area contributed by atoms with Gasteiger partial charge in [0, 0.05) is 38.0 Å². The van der Waals surface area contributed by atoms with Crippen LogP contribution in [0.2, 0.25) is 0 Å². The van der Waals surface area contributed by atoms with Crippen molar-refractivity contribution >= 4 is 5.82 Å². The molecule has 0 aliphatic rings. The first kappa shape index (κ1) is 12.6. The average molecular weight is 251 g/mol. The molecule has 0 aliphatic heterocycles. The zero-order chi connectivity index (χ0) is 13.1. The van der Waals surface area contributed by atoms with Gasteiger partial charge in [0.25, 0.3) is 0 Å². The van der Waals surface area contributed by atoms with Gasteiger partial charge in [-0.2, -0.15) is 14.6 Å². The van der Waals surface area contributed by atoms with E-state index in [-0.39, 0.29) is 5.95 Å². The highest BCUT2D eigenvalue weighted by Crippen LogP contribution is 2.13. The molecule has 0 aromatic carbocycles. The molecule has 0 spiro atoms. The zero-order valence-corrected chi connectivity index (χ0v) is 10.9. The third kappa shape index (κ3) is 2.52. The minimum atomic E-state index is -0.298. The lowest BCUT2D eigenvalue weighted by molar-refractivity contribution is 0.496. The molecule has 5 nitrogen and oxygen atoms in total. The van der Waals surface area contributed by atoms with Crippen molar-refractivity contribution in [2.75, 3.05) is 5.32 Å². The monoisotopic (exact) mass is 251 g/mol. The topological polar surface area (TPSA) is 47.7 Å². The second kappa shape index (κ2) is 5.20. The van der Waals surface area contributed by atoms with Crippen LogP contribution in [0.4, 0.5) is 10.2 Å². The van der Waals surface area contributed by atoms with Gasteiger partial charge in [-0.05, 0) is 13.3 Å². The molecule has 0 saturated carbocycles. The van der Waals surface area contributed by atoms with Gasteiger partial charge in [0.05, 0.1) is 5.69 Å². The summed E-state index contributed by atoms with van der Waals surface area (Å²) in [5.41, 5.74) is 1.29. The number of rotatable bonds is 5. The van der Waals surface area contributed by atoms with Gasteiger partial charge in [0.15, 0.2) is 0 Å². The largest absolute Gasteiger partial charge is 0.364 e. The Bertz CT molecular complexity index is 529. The third-order valence-corrected chi connectivity index (χ3v) is 2.81. The molecule has 1 N–H and O–H groups in total. The maximum atomic E-state index is 13.7. The molecule has 6 heteroatoms. The summed E-state index contributed by atoms with van der Waals surface area (Å²) in [6.07, 6.45) is 2.95. The molecular formula is C12H18FN5. The van der Waals surface area contributed by atoms with E-state index in [1.807, 2.05) is 16.9 Å². The van der Waals surface area contributed by atoms with Crippen molar-refractivity contribution in [2.45, 2.75) is 33.4 Å². The zero-order valence-electron chi connectivity index (χ0n) is 10.9. The molecule has 0 saturated heterocycles. The van der Waals surface area contributed by atoms with E-state index in [0.717, 1.165) is 18.8 Å². The summed E-state index contributed by atoms with van der Waals surface area (Å²) in [6, 6.07) is 1.89. The third-order valence-electron chi connectivity index (χ3n) is 2.81. The van der Waals surface area contributed by atoms with Crippen LogP contribution in [0.3, 0.4) is 0 Å². The predicted molar refractivity (Wildman–Crippen MR) is 67.7 cm³/mol. The SMILES string of the molecule is CCCn1ccc(NCc2c(C)nn(C)c2F)n1. The lowest BCUT2D eigenvalue weighted by atomic mass is 10.2. The molecule has 0 bridgehead atoms. The van der Waals surface area contributed by atoms with Crippen LogP contribution < -0.4 is 5.32 Å². The normalized spacial score (nSPS) is 10.9. The van der Waals surface area contributed by atoms with Gasteiger partial charge in [0.1, 0.15) is 5.82 Å². The Kier molecular flexibility index (Phi) is 3.64. The maximum Gasteiger partial charge on any atom is 0.216 e. The second-order valence-corrected chi connectivity index (χ2v) is 4.30. The lowest BCUT2D eigenvalue weighted by Crippen LogP contribution is -2.04. The summed E-state index contributed by atoms with van der Waals surface area (Å²) in [6.45, 7) is 5.19. The molecule has 0 amide bonds. The van der Waals surface area contributed by atoms with Crippen LogP contribution in [0.15, 0.2) is 12.3 Å². The van der Waals surface area contributed by atoms with E-state index in [0.29, 0.717) is 17.8 Å². The number of anilines is 1. The van der Waals surface area contributed by atoms with Crippen LogP contribution in [0.5, 0.6) is 0 Å². The minimum absolute atomic E-state index is 0.298. The highest BCUT2D eigenvalue weighted by atomic mass is 19.1. The number of hydrogen-bond acceptors (Lipinski definition) is 3. The van der Waals surface area contributed by atoms with Crippen LogP contribution in [-0.4, -0.2) is 19.6 Å². The van der Waals surface area contributed by atoms with Crippen molar-refractivity contribution in [2.24, 2.45) is 7.05 Å². The molecule has 0 aliphatic carbocycles. The predicted octanol–water partition coefficient (Wildman–Crippen LogP) is 2.09. The molecule has 0 unspecified atom stereocenters. The van der Waals surface area contributed by atoms with Crippen molar-refractivity contribution in [1.82, 2.24) is 19.6 Å². The highest BCUT2D eigenvalue weighted by Gasteiger charge is 2.12. The highest BCUT2D eigenvalue weighted by molar-refractivity contribution is 5.34. The summed E-state index contributed by atoms with van der Waals surface area (Å²) >= 11 is 0. The van der Waals surface area contributed by atoms with Gasteiger partial charge in [0.2, 0.25) is 5.95 Å². The smallest absolute Gasteiger partial charge is 0.216 e. The first-order valence-electron chi connectivity index (χ1n) is 6.07. The fourth-order valence-corrected chi connectivity index (χ4v) is 1.86. The van der Waals surface area contributed by atoms with Crippen molar-refractivity contribution in [3.63, 3.8) is 0 Å². The summed E-state index contributed by atoms with van der Waals surface area (Å²) in [5.74, 6) is 0.457. The standard InChI is InChI=1S/C12H18FN5/c1-4-6-18-7-5-11(16-18)14-8-10-9(2)15-17(3)12(10)13/h5,7H,4,6,8H2,1-3H3,(H,14,16). The quantitative estimate of drug-likeness (QED) is 0.885. The minimum Gasteiger partial charge on any atom is -0.364 e. The molecule has 2 aromatic rings. The maximum absolute atomic E-state index is 13.7. The van der Waals surface area contributed by atoms with Crippen molar-refractivity contribution in [1.29, 1.82) is 0 Å². The van der Waals surface area contributed by atoms with Crippen molar-refractivity contribution < 1.29 is 4.39 Å². The van der Waals surface area contributed by atoms with Gasteiger partial charge in [-0.1, -0.05) is 6.92 Å². The summed E-state index contributed by atoms with van der Waals surface area (Å²) in [7, 11) is 1.60. The molecule has 2 rings (SSSR count). The molecule has 2 heterocycles. The Labute approximate surface area is 106 Å². The number of aromatic nitrogens is 4.